The second kappa shape index (κ2) is 7.25. The van der Waals surface area contributed by atoms with E-state index in [0.717, 1.165) is 10.0 Å². The summed E-state index contributed by atoms with van der Waals surface area (Å²) in [6, 6.07) is 15.1. The molecule has 20 heavy (non-hydrogen) atoms. The molecular formula is C15H12Br2ClNO. The van der Waals surface area contributed by atoms with Crippen molar-refractivity contribution in [3.63, 3.8) is 0 Å². The molecule has 0 aliphatic carbocycles. The molecule has 0 saturated heterocycles. The van der Waals surface area contributed by atoms with Crippen molar-refractivity contribution in [1.29, 1.82) is 0 Å². The first-order valence-corrected chi connectivity index (χ1v) is 8.09. The maximum atomic E-state index is 12.1. The topological polar surface area (TPSA) is 29.1 Å². The first-order valence-electron chi connectivity index (χ1n) is 6.00. The van der Waals surface area contributed by atoms with Crippen LogP contribution < -0.4 is 5.32 Å². The average Bonchev–Trinajstić information content (AvgIpc) is 2.45. The molecule has 1 unspecified atom stereocenters. The van der Waals surface area contributed by atoms with Gasteiger partial charge >= 0.3 is 0 Å². The van der Waals surface area contributed by atoms with Gasteiger partial charge in [-0.1, -0.05) is 73.8 Å². The lowest BCUT2D eigenvalue weighted by Crippen LogP contribution is -2.26. The highest BCUT2D eigenvalue weighted by atomic mass is 79.9. The van der Waals surface area contributed by atoms with Crippen LogP contribution in [0.15, 0.2) is 53.0 Å². The third-order valence-corrected chi connectivity index (χ3v) is 4.44. The summed E-state index contributed by atoms with van der Waals surface area (Å²) in [5, 5.41) is 3.30. The molecule has 2 rings (SSSR count). The summed E-state index contributed by atoms with van der Waals surface area (Å²) in [4.78, 5) is 12.2. The molecule has 1 amide bonds. The lowest BCUT2D eigenvalue weighted by Gasteiger charge is -2.12. The molecule has 2 aromatic rings. The smallest absolute Gasteiger partial charge is 0.252 e. The van der Waals surface area contributed by atoms with E-state index in [2.05, 4.69) is 37.2 Å². The zero-order valence-electron chi connectivity index (χ0n) is 10.4. The Morgan fingerprint density at radius 3 is 2.55 bits per heavy atom. The molecule has 0 radical (unpaired) electrons. The Morgan fingerprint density at radius 1 is 1.20 bits per heavy atom. The van der Waals surface area contributed by atoms with Crippen molar-refractivity contribution in [2.24, 2.45) is 0 Å². The van der Waals surface area contributed by atoms with Crippen LogP contribution >= 0.6 is 43.5 Å². The normalized spacial score (nSPS) is 11.9. The molecule has 0 saturated carbocycles. The molecule has 1 N–H and O–H groups in total. The van der Waals surface area contributed by atoms with Crippen LogP contribution in [0.4, 0.5) is 0 Å². The number of hydrogen-bond acceptors (Lipinski definition) is 1. The van der Waals surface area contributed by atoms with E-state index >= 15 is 0 Å². The third kappa shape index (κ3) is 4.08. The molecule has 0 bridgehead atoms. The van der Waals surface area contributed by atoms with Crippen molar-refractivity contribution in [3.05, 3.63) is 69.2 Å². The first-order chi connectivity index (χ1) is 9.58. The number of benzene rings is 2. The average molecular weight is 418 g/mol. The molecule has 2 aromatic carbocycles. The number of hydrogen-bond donors (Lipinski definition) is 1. The highest BCUT2D eigenvalue weighted by Gasteiger charge is 2.13. The fraction of sp³-hybridized carbons (Fsp3) is 0.133. The van der Waals surface area contributed by atoms with E-state index in [0.29, 0.717) is 17.1 Å². The van der Waals surface area contributed by atoms with Crippen molar-refractivity contribution in [1.82, 2.24) is 5.32 Å². The third-order valence-electron chi connectivity index (χ3n) is 2.78. The van der Waals surface area contributed by atoms with E-state index in [1.807, 2.05) is 30.3 Å². The van der Waals surface area contributed by atoms with E-state index < -0.39 is 0 Å². The highest BCUT2D eigenvalue weighted by molar-refractivity contribution is 9.10. The number of rotatable bonds is 4. The van der Waals surface area contributed by atoms with Gasteiger partial charge in [0.05, 0.1) is 15.4 Å². The van der Waals surface area contributed by atoms with Gasteiger partial charge in [0.2, 0.25) is 0 Å². The monoisotopic (exact) mass is 415 g/mol. The minimum absolute atomic E-state index is 0.0712. The maximum Gasteiger partial charge on any atom is 0.252 e. The van der Waals surface area contributed by atoms with Crippen molar-refractivity contribution < 1.29 is 4.79 Å². The van der Waals surface area contributed by atoms with Gasteiger partial charge in [-0.2, -0.15) is 0 Å². The van der Waals surface area contributed by atoms with Crippen LogP contribution in [0.5, 0.6) is 0 Å². The maximum absolute atomic E-state index is 12.1. The second-order valence-corrected chi connectivity index (χ2v) is 6.64. The van der Waals surface area contributed by atoms with E-state index in [4.69, 9.17) is 11.6 Å². The van der Waals surface area contributed by atoms with Crippen LogP contribution in [0.25, 0.3) is 0 Å². The molecule has 2 nitrogen and oxygen atoms in total. The van der Waals surface area contributed by atoms with Crippen molar-refractivity contribution in [2.75, 3.05) is 6.54 Å². The van der Waals surface area contributed by atoms with E-state index in [1.165, 1.54) is 0 Å². The molecule has 0 aromatic heterocycles. The molecule has 1 atom stereocenters. The standard InChI is InChI=1S/C15H12Br2ClNO/c16-11-6-7-12(14(18)8-11)15(20)19-9-13(17)10-4-2-1-3-5-10/h1-8,13H,9H2,(H,19,20). The minimum atomic E-state index is -0.178. The Balaban J connectivity index is 1.99. The molecule has 5 heteroatoms. The molecule has 0 spiro atoms. The summed E-state index contributed by atoms with van der Waals surface area (Å²) in [5.41, 5.74) is 1.59. The summed E-state index contributed by atoms with van der Waals surface area (Å²) < 4.78 is 0.849. The van der Waals surface area contributed by atoms with Gasteiger partial charge in [0.25, 0.3) is 5.91 Å². The van der Waals surface area contributed by atoms with Gasteiger partial charge in [0.15, 0.2) is 0 Å². The van der Waals surface area contributed by atoms with Gasteiger partial charge < -0.3 is 5.32 Å². The van der Waals surface area contributed by atoms with Gasteiger partial charge in [0.1, 0.15) is 0 Å². The predicted molar refractivity (Wildman–Crippen MR) is 89.6 cm³/mol. The number of halogens is 3. The van der Waals surface area contributed by atoms with Gasteiger partial charge in [-0.15, -0.1) is 0 Å². The second-order valence-electron chi connectivity index (χ2n) is 4.21. The number of nitrogens with one attached hydrogen (secondary N) is 1. The lowest BCUT2D eigenvalue weighted by atomic mass is 10.1. The predicted octanol–water partition coefficient (Wildman–Crippen LogP) is 4.97. The molecular weight excluding hydrogens is 405 g/mol. The summed E-state index contributed by atoms with van der Waals surface area (Å²) in [5.74, 6) is -0.178. The fourth-order valence-electron chi connectivity index (χ4n) is 1.73. The molecule has 0 fully saturated rings. The Morgan fingerprint density at radius 2 is 1.90 bits per heavy atom. The fourth-order valence-corrected chi connectivity index (χ4v) is 2.96. The summed E-state index contributed by atoms with van der Waals surface area (Å²) in [6.45, 7) is 0.495. The van der Waals surface area contributed by atoms with Crippen LogP contribution in [0.3, 0.4) is 0 Å². The van der Waals surface area contributed by atoms with Crippen molar-refractivity contribution >= 4 is 49.4 Å². The van der Waals surface area contributed by atoms with Crippen LogP contribution in [0, 0.1) is 0 Å². The van der Waals surface area contributed by atoms with Crippen molar-refractivity contribution in [3.8, 4) is 0 Å². The Kier molecular flexibility index (Phi) is 5.64. The highest BCUT2D eigenvalue weighted by Crippen LogP contribution is 2.23. The van der Waals surface area contributed by atoms with E-state index in [9.17, 15) is 4.79 Å². The Labute approximate surface area is 139 Å². The zero-order valence-corrected chi connectivity index (χ0v) is 14.4. The SMILES string of the molecule is O=C(NCC(Br)c1ccccc1)c1ccc(Br)cc1Cl. The van der Waals surface area contributed by atoms with Gasteiger partial charge in [-0.25, -0.2) is 0 Å². The number of carbonyl (C=O) groups excluding carboxylic acids is 1. The molecule has 104 valence electrons. The van der Waals surface area contributed by atoms with Crippen LogP contribution in [0.1, 0.15) is 20.7 Å². The largest absolute Gasteiger partial charge is 0.351 e. The molecule has 0 aliphatic rings. The van der Waals surface area contributed by atoms with Crippen molar-refractivity contribution in [2.45, 2.75) is 4.83 Å². The summed E-state index contributed by atoms with van der Waals surface area (Å²) in [7, 11) is 0. The van der Waals surface area contributed by atoms with Crippen LogP contribution in [0.2, 0.25) is 5.02 Å². The van der Waals surface area contributed by atoms with E-state index in [-0.39, 0.29) is 10.7 Å². The number of amides is 1. The quantitative estimate of drug-likeness (QED) is 0.700. The molecule has 0 aliphatic heterocycles. The number of carbonyl (C=O) groups is 1. The van der Waals surface area contributed by atoms with E-state index in [1.54, 1.807) is 18.2 Å². The van der Waals surface area contributed by atoms with Gasteiger partial charge in [0, 0.05) is 11.0 Å². The van der Waals surface area contributed by atoms with Gasteiger partial charge in [-0.3, -0.25) is 4.79 Å². The first kappa shape index (κ1) is 15.5. The van der Waals surface area contributed by atoms with Gasteiger partial charge in [-0.05, 0) is 23.8 Å². The minimum Gasteiger partial charge on any atom is -0.351 e. The number of alkyl halides is 1. The lowest BCUT2D eigenvalue weighted by molar-refractivity contribution is 0.0954. The summed E-state index contributed by atoms with van der Waals surface area (Å²) >= 11 is 12.9. The zero-order chi connectivity index (χ0) is 14.5. The van der Waals surface area contributed by atoms with Crippen LogP contribution in [-0.2, 0) is 0 Å². The van der Waals surface area contributed by atoms with Crippen LogP contribution in [-0.4, -0.2) is 12.5 Å². The summed E-state index contributed by atoms with van der Waals surface area (Å²) in [6.07, 6.45) is 0. The molecule has 0 heterocycles. The Hall–Kier alpha value is -0.840. The Bertz CT molecular complexity index is 604.